The van der Waals surface area contributed by atoms with E-state index in [1.807, 2.05) is 13.0 Å². The molecule has 2 aliphatic heterocycles. The van der Waals surface area contributed by atoms with Crippen molar-refractivity contribution >= 4 is 5.91 Å². The van der Waals surface area contributed by atoms with Gasteiger partial charge in [-0.15, -0.1) is 0 Å². The van der Waals surface area contributed by atoms with Crippen LogP contribution in [-0.4, -0.2) is 61.3 Å². The first-order valence-electron chi connectivity index (χ1n) is 11.5. The average Bonchev–Trinajstić information content (AvgIpc) is 3.31. The number of halogens is 2. The number of aliphatic hydroxyl groups excluding tert-OH is 2. The van der Waals surface area contributed by atoms with Gasteiger partial charge in [0, 0.05) is 36.7 Å². The lowest BCUT2D eigenvalue weighted by molar-refractivity contribution is -0.0428. The second-order valence-electron chi connectivity index (χ2n) is 8.70. The Kier molecular flexibility index (Phi) is 7.77. The first-order chi connectivity index (χ1) is 16.4. The monoisotopic (exact) mass is 476 g/mol. The van der Waals surface area contributed by atoms with Gasteiger partial charge >= 0.3 is 0 Å². The summed E-state index contributed by atoms with van der Waals surface area (Å²) in [5, 5.41) is 26.6. The van der Waals surface area contributed by atoms with Crippen molar-refractivity contribution in [3.05, 3.63) is 63.5 Å². The van der Waals surface area contributed by atoms with Crippen LogP contribution in [0.3, 0.4) is 0 Å². The Balaban J connectivity index is 1.58. The Labute approximate surface area is 197 Å². The van der Waals surface area contributed by atoms with E-state index in [2.05, 4.69) is 10.6 Å². The molecule has 184 valence electrons. The summed E-state index contributed by atoms with van der Waals surface area (Å²) in [6, 6.07) is 5.91. The third kappa shape index (κ3) is 5.22. The van der Waals surface area contributed by atoms with Crippen LogP contribution in [0.5, 0.6) is 5.75 Å². The van der Waals surface area contributed by atoms with Crippen LogP contribution in [0.1, 0.15) is 50.8 Å². The number of carbonyl (C=O) groups is 1. The molecule has 1 amide bonds. The standard InChI is InChI=1S/C25H30F2N2O5/c1-14-16(10-15-2-3-18(20(27)11-15)24(31)28-7-6-26)12-19(23-17(14)4-9-34-23)25(32)29-21-5-8-33-13-22(21)30/h2-3,11-12,21-22,25,29-30,32H,4-10,13H2,1H3,(H,28,31)/t21-,22-,25?/m0/s1. The summed E-state index contributed by atoms with van der Waals surface area (Å²) in [6.07, 6.45) is -0.100. The second kappa shape index (κ2) is 10.8. The van der Waals surface area contributed by atoms with Gasteiger partial charge < -0.3 is 25.0 Å². The molecule has 4 N–H and O–H groups in total. The highest BCUT2D eigenvalue weighted by Gasteiger charge is 2.30. The van der Waals surface area contributed by atoms with Gasteiger partial charge in [0.2, 0.25) is 0 Å². The maximum absolute atomic E-state index is 14.6. The molecule has 1 fully saturated rings. The van der Waals surface area contributed by atoms with Gasteiger partial charge in [-0.25, -0.2) is 8.78 Å². The number of alkyl halides is 1. The fourth-order valence-corrected chi connectivity index (χ4v) is 4.55. The van der Waals surface area contributed by atoms with Crippen LogP contribution in [0, 0.1) is 12.7 Å². The summed E-state index contributed by atoms with van der Waals surface area (Å²) in [5.41, 5.74) is 4.03. The van der Waals surface area contributed by atoms with Gasteiger partial charge in [0.15, 0.2) is 0 Å². The summed E-state index contributed by atoms with van der Waals surface area (Å²) in [7, 11) is 0. The predicted molar refractivity (Wildman–Crippen MR) is 121 cm³/mol. The van der Waals surface area contributed by atoms with Gasteiger partial charge in [0.1, 0.15) is 24.5 Å². The van der Waals surface area contributed by atoms with Crippen LogP contribution in [-0.2, 0) is 17.6 Å². The van der Waals surface area contributed by atoms with Crippen LogP contribution >= 0.6 is 0 Å². The summed E-state index contributed by atoms with van der Waals surface area (Å²) < 4.78 is 38.0. The minimum absolute atomic E-state index is 0.133. The minimum atomic E-state index is -1.05. The molecular formula is C25H30F2N2O5. The van der Waals surface area contributed by atoms with Crippen molar-refractivity contribution in [2.24, 2.45) is 0 Å². The van der Waals surface area contributed by atoms with E-state index in [-0.39, 0.29) is 24.8 Å². The lowest BCUT2D eigenvalue weighted by Crippen LogP contribution is -2.47. The Morgan fingerprint density at radius 2 is 2.12 bits per heavy atom. The van der Waals surface area contributed by atoms with Crippen LogP contribution in [0.2, 0.25) is 0 Å². The highest BCUT2D eigenvalue weighted by Crippen LogP contribution is 2.38. The minimum Gasteiger partial charge on any atom is -0.492 e. The molecule has 0 saturated carbocycles. The molecule has 34 heavy (non-hydrogen) atoms. The van der Waals surface area contributed by atoms with E-state index in [4.69, 9.17) is 9.47 Å². The zero-order valence-electron chi connectivity index (χ0n) is 19.1. The molecule has 2 aromatic carbocycles. The Morgan fingerprint density at radius 3 is 2.85 bits per heavy atom. The van der Waals surface area contributed by atoms with E-state index in [1.54, 1.807) is 6.07 Å². The summed E-state index contributed by atoms with van der Waals surface area (Å²) in [4.78, 5) is 12.0. The van der Waals surface area contributed by atoms with E-state index >= 15 is 0 Å². The molecule has 7 nitrogen and oxygen atoms in total. The van der Waals surface area contributed by atoms with E-state index in [1.165, 1.54) is 12.1 Å². The SMILES string of the molecule is Cc1c(Cc2ccc(C(=O)NCCF)c(F)c2)cc(C(O)N[C@H]2CCOC[C@@H]2O)c2c1CCO2. The topological polar surface area (TPSA) is 100 Å². The lowest BCUT2D eigenvalue weighted by atomic mass is 9.91. The molecule has 0 spiro atoms. The molecule has 1 unspecified atom stereocenters. The fourth-order valence-electron chi connectivity index (χ4n) is 4.55. The molecule has 2 aromatic rings. The van der Waals surface area contributed by atoms with Crippen molar-refractivity contribution < 1.29 is 33.3 Å². The van der Waals surface area contributed by atoms with Gasteiger partial charge in [-0.3, -0.25) is 10.1 Å². The number of hydrogen-bond donors (Lipinski definition) is 4. The summed E-state index contributed by atoms with van der Waals surface area (Å²) >= 11 is 0. The number of hydrogen-bond acceptors (Lipinski definition) is 6. The van der Waals surface area contributed by atoms with Gasteiger partial charge in [-0.1, -0.05) is 6.07 Å². The number of benzene rings is 2. The largest absolute Gasteiger partial charge is 0.492 e. The van der Waals surface area contributed by atoms with Gasteiger partial charge in [0.05, 0.1) is 24.9 Å². The maximum atomic E-state index is 14.6. The third-order valence-electron chi connectivity index (χ3n) is 6.44. The van der Waals surface area contributed by atoms with Gasteiger partial charge in [-0.2, -0.15) is 0 Å². The van der Waals surface area contributed by atoms with Crippen LogP contribution in [0.25, 0.3) is 0 Å². The Morgan fingerprint density at radius 1 is 1.29 bits per heavy atom. The highest BCUT2D eigenvalue weighted by molar-refractivity contribution is 5.94. The average molecular weight is 477 g/mol. The molecule has 1 saturated heterocycles. The number of carbonyl (C=O) groups excluding carboxylic acids is 1. The van der Waals surface area contributed by atoms with Crippen molar-refractivity contribution in [2.45, 2.75) is 44.6 Å². The first-order valence-corrected chi connectivity index (χ1v) is 11.5. The molecule has 0 bridgehead atoms. The zero-order chi connectivity index (χ0) is 24.2. The Bertz CT molecular complexity index is 1050. The molecule has 4 rings (SSSR count). The van der Waals surface area contributed by atoms with Crippen molar-refractivity contribution in [3.8, 4) is 5.75 Å². The van der Waals surface area contributed by atoms with E-state index in [0.29, 0.717) is 49.4 Å². The lowest BCUT2D eigenvalue weighted by Gasteiger charge is -2.31. The first kappa shape index (κ1) is 24.5. The predicted octanol–water partition coefficient (Wildman–Crippen LogP) is 2.09. The van der Waals surface area contributed by atoms with E-state index < -0.39 is 30.7 Å². The second-order valence-corrected chi connectivity index (χ2v) is 8.70. The van der Waals surface area contributed by atoms with Gasteiger partial charge in [0.25, 0.3) is 5.91 Å². The summed E-state index contributed by atoms with van der Waals surface area (Å²) in [5.74, 6) is -0.681. The smallest absolute Gasteiger partial charge is 0.254 e. The molecular weight excluding hydrogens is 446 g/mol. The maximum Gasteiger partial charge on any atom is 0.254 e. The highest BCUT2D eigenvalue weighted by atomic mass is 19.1. The molecule has 0 aromatic heterocycles. The third-order valence-corrected chi connectivity index (χ3v) is 6.44. The number of ether oxygens (including phenoxy) is 2. The van der Waals surface area contributed by atoms with Crippen molar-refractivity contribution in [1.82, 2.24) is 10.6 Å². The number of aliphatic hydroxyl groups is 2. The van der Waals surface area contributed by atoms with Crippen LogP contribution < -0.4 is 15.4 Å². The molecule has 0 aliphatic carbocycles. The molecule has 2 heterocycles. The molecule has 2 aliphatic rings. The molecule has 9 heteroatoms. The molecule has 0 radical (unpaired) electrons. The van der Waals surface area contributed by atoms with Crippen LogP contribution in [0.15, 0.2) is 24.3 Å². The van der Waals surface area contributed by atoms with Crippen LogP contribution in [0.4, 0.5) is 8.78 Å². The summed E-state index contributed by atoms with van der Waals surface area (Å²) in [6.45, 7) is 2.32. The van der Waals surface area contributed by atoms with E-state index in [0.717, 1.165) is 16.7 Å². The Hall–Kier alpha value is -2.59. The quantitative estimate of drug-likeness (QED) is 0.436. The number of fused-ring (bicyclic) bond motifs is 1. The normalized spacial score (nSPS) is 20.5. The number of amides is 1. The fraction of sp³-hybridized carbons (Fsp3) is 0.480. The molecule has 3 atom stereocenters. The zero-order valence-corrected chi connectivity index (χ0v) is 19.1. The van der Waals surface area contributed by atoms with Crippen molar-refractivity contribution in [2.75, 3.05) is 33.0 Å². The van der Waals surface area contributed by atoms with E-state index in [9.17, 15) is 23.8 Å². The van der Waals surface area contributed by atoms with Crippen molar-refractivity contribution in [3.63, 3.8) is 0 Å². The van der Waals surface area contributed by atoms with Crippen molar-refractivity contribution in [1.29, 1.82) is 0 Å². The number of nitrogens with one attached hydrogen (secondary N) is 2. The number of rotatable bonds is 8. The van der Waals surface area contributed by atoms with Gasteiger partial charge in [-0.05, 0) is 54.7 Å².